The molecule has 0 amide bonds. The second kappa shape index (κ2) is 4.16. The Hall–Kier alpha value is -2.22. The Bertz CT molecular complexity index is 637. The highest BCUT2D eigenvalue weighted by atomic mass is 16.5. The van der Waals surface area contributed by atoms with Gasteiger partial charge in [0.2, 0.25) is 0 Å². The number of aromatic hydroxyl groups is 1. The fraction of sp³-hybridized carbons (Fsp3) is 0.176. The number of phenols is 1. The Morgan fingerprint density at radius 2 is 1.63 bits per heavy atom. The molecule has 2 heteroatoms. The van der Waals surface area contributed by atoms with E-state index in [4.69, 9.17) is 4.74 Å². The van der Waals surface area contributed by atoms with Crippen molar-refractivity contribution in [1.29, 1.82) is 0 Å². The number of para-hydroxylation sites is 1. The summed E-state index contributed by atoms with van der Waals surface area (Å²) in [6.07, 6.45) is 2.13. The van der Waals surface area contributed by atoms with Crippen molar-refractivity contribution in [1.82, 2.24) is 0 Å². The molecule has 1 aliphatic heterocycles. The quantitative estimate of drug-likeness (QED) is 0.827. The molecule has 0 aromatic heterocycles. The van der Waals surface area contributed by atoms with Crippen LogP contribution >= 0.6 is 0 Å². The second-order valence-corrected chi connectivity index (χ2v) is 5.38. The summed E-state index contributed by atoms with van der Waals surface area (Å²) in [5.41, 5.74) is 2.10. The fourth-order valence-electron chi connectivity index (χ4n) is 2.41. The lowest BCUT2D eigenvalue weighted by Crippen LogP contribution is -2.21. The summed E-state index contributed by atoms with van der Waals surface area (Å²) in [6.45, 7) is 4.35. The van der Waals surface area contributed by atoms with Crippen molar-refractivity contribution in [2.24, 2.45) is 0 Å². The van der Waals surface area contributed by atoms with Crippen LogP contribution in [0.2, 0.25) is 0 Å². The SMILES string of the molecule is CC1(C)C=C(c2ccc(O)cc2)Oc2ccccc21. The fourth-order valence-corrected chi connectivity index (χ4v) is 2.41. The zero-order chi connectivity index (χ0) is 13.5. The van der Waals surface area contributed by atoms with Gasteiger partial charge >= 0.3 is 0 Å². The minimum atomic E-state index is -0.0674. The van der Waals surface area contributed by atoms with E-state index in [0.717, 1.165) is 17.1 Å². The van der Waals surface area contributed by atoms with Gasteiger partial charge in [0.1, 0.15) is 17.3 Å². The predicted octanol–water partition coefficient (Wildman–Crippen LogP) is 4.10. The lowest BCUT2D eigenvalue weighted by molar-refractivity contribution is 0.460. The van der Waals surface area contributed by atoms with Crippen LogP contribution in [-0.4, -0.2) is 5.11 Å². The summed E-state index contributed by atoms with van der Waals surface area (Å²) in [4.78, 5) is 0. The van der Waals surface area contributed by atoms with Gasteiger partial charge in [-0.3, -0.25) is 0 Å². The zero-order valence-corrected chi connectivity index (χ0v) is 11.1. The molecule has 0 fully saturated rings. The van der Waals surface area contributed by atoms with E-state index < -0.39 is 0 Å². The molecule has 3 rings (SSSR count). The molecule has 0 unspecified atom stereocenters. The Labute approximate surface area is 113 Å². The maximum absolute atomic E-state index is 9.36. The molecule has 0 saturated carbocycles. The summed E-state index contributed by atoms with van der Waals surface area (Å²) < 4.78 is 5.97. The highest BCUT2D eigenvalue weighted by Crippen LogP contribution is 2.40. The Kier molecular flexibility index (Phi) is 2.59. The molecule has 2 aromatic carbocycles. The first-order valence-corrected chi connectivity index (χ1v) is 6.36. The van der Waals surface area contributed by atoms with Crippen LogP contribution in [0.3, 0.4) is 0 Å². The summed E-state index contributed by atoms with van der Waals surface area (Å²) in [7, 11) is 0. The summed E-state index contributed by atoms with van der Waals surface area (Å²) in [5, 5.41) is 9.36. The first kappa shape index (κ1) is 11.8. The Morgan fingerprint density at radius 3 is 2.37 bits per heavy atom. The van der Waals surface area contributed by atoms with Crippen LogP contribution in [0, 0.1) is 0 Å². The summed E-state index contributed by atoms with van der Waals surface area (Å²) in [5.74, 6) is 2.00. The number of phenolic OH excluding ortho intramolecular Hbond substituents is 1. The Balaban J connectivity index is 2.07. The van der Waals surface area contributed by atoms with E-state index in [1.165, 1.54) is 5.56 Å². The number of ether oxygens (including phenoxy) is 1. The van der Waals surface area contributed by atoms with Crippen LogP contribution in [0.1, 0.15) is 25.0 Å². The van der Waals surface area contributed by atoms with Crippen LogP contribution in [0.5, 0.6) is 11.5 Å². The molecule has 0 saturated heterocycles. The van der Waals surface area contributed by atoms with Gasteiger partial charge in [-0.1, -0.05) is 32.0 Å². The third-order valence-electron chi connectivity index (χ3n) is 3.44. The zero-order valence-electron chi connectivity index (χ0n) is 11.1. The normalized spacial score (nSPS) is 16.2. The summed E-state index contributed by atoms with van der Waals surface area (Å²) in [6, 6.07) is 15.2. The van der Waals surface area contributed by atoms with Gasteiger partial charge in [-0.25, -0.2) is 0 Å². The predicted molar refractivity (Wildman–Crippen MR) is 76.2 cm³/mol. The molecular formula is C17H16O2. The van der Waals surface area contributed by atoms with Crippen molar-refractivity contribution in [3.05, 3.63) is 65.7 Å². The van der Waals surface area contributed by atoms with Gasteiger partial charge in [0.15, 0.2) is 0 Å². The van der Waals surface area contributed by atoms with Crippen LogP contribution in [0.15, 0.2) is 54.6 Å². The number of rotatable bonds is 1. The van der Waals surface area contributed by atoms with Crippen LogP contribution in [0.25, 0.3) is 5.76 Å². The van der Waals surface area contributed by atoms with Crippen LogP contribution in [-0.2, 0) is 5.41 Å². The molecule has 1 N–H and O–H groups in total. The van der Waals surface area contributed by atoms with Crippen molar-refractivity contribution in [3.63, 3.8) is 0 Å². The van der Waals surface area contributed by atoms with E-state index in [1.807, 2.05) is 30.3 Å². The lowest BCUT2D eigenvalue weighted by Gasteiger charge is -2.30. The van der Waals surface area contributed by atoms with E-state index in [2.05, 4.69) is 26.0 Å². The van der Waals surface area contributed by atoms with Gasteiger partial charge in [-0.2, -0.15) is 0 Å². The first-order valence-electron chi connectivity index (χ1n) is 6.36. The van der Waals surface area contributed by atoms with Gasteiger partial charge in [0, 0.05) is 16.5 Å². The average Bonchev–Trinajstić information content (AvgIpc) is 2.39. The number of allylic oxidation sites excluding steroid dienone is 1. The van der Waals surface area contributed by atoms with Gasteiger partial charge in [-0.05, 0) is 36.4 Å². The third kappa shape index (κ3) is 2.10. The smallest absolute Gasteiger partial charge is 0.131 e. The van der Waals surface area contributed by atoms with E-state index in [-0.39, 0.29) is 11.2 Å². The standard InChI is InChI=1S/C17H16O2/c1-17(2)11-16(12-7-9-13(18)10-8-12)19-15-6-4-3-5-14(15)17/h3-11,18H,1-2H3. The van der Waals surface area contributed by atoms with E-state index in [9.17, 15) is 5.11 Å². The highest BCUT2D eigenvalue weighted by Gasteiger charge is 2.28. The average molecular weight is 252 g/mol. The Morgan fingerprint density at radius 1 is 0.947 bits per heavy atom. The molecule has 96 valence electrons. The van der Waals surface area contributed by atoms with Gasteiger partial charge < -0.3 is 9.84 Å². The topological polar surface area (TPSA) is 29.5 Å². The molecule has 0 aliphatic carbocycles. The maximum atomic E-state index is 9.36. The lowest BCUT2D eigenvalue weighted by atomic mass is 9.81. The molecule has 19 heavy (non-hydrogen) atoms. The molecular weight excluding hydrogens is 236 g/mol. The highest BCUT2D eigenvalue weighted by molar-refractivity contribution is 5.68. The van der Waals surface area contributed by atoms with Gasteiger partial charge in [0.25, 0.3) is 0 Å². The van der Waals surface area contributed by atoms with Crippen molar-refractivity contribution >= 4 is 5.76 Å². The number of hydrogen-bond donors (Lipinski definition) is 1. The largest absolute Gasteiger partial charge is 0.508 e. The van der Waals surface area contributed by atoms with E-state index in [1.54, 1.807) is 12.1 Å². The monoisotopic (exact) mass is 252 g/mol. The molecule has 2 aromatic rings. The maximum Gasteiger partial charge on any atom is 0.131 e. The molecule has 2 nitrogen and oxygen atoms in total. The van der Waals surface area contributed by atoms with Gasteiger partial charge in [0.05, 0.1) is 0 Å². The first-order chi connectivity index (χ1) is 9.06. The number of fused-ring (bicyclic) bond motifs is 1. The molecule has 0 radical (unpaired) electrons. The number of benzene rings is 2. The van der Waals surface area contributed by atoms with Crippen molar-refractivity contribution < 1.29 is 9.84 Å². The molecule has 1 heterocycles. The second-order valence-electron chi connectivity index (χ2n) is 5.38. The minimum Gasteiger partial charge on any atom is -0.508 e. The van der Waals surface area contributed by atoms with E-state index in [0.29, 0.717) is 0 Å². The molecule has 0 bridgehead atoms. The van der Waals surface area contributed by atoms with Crippen LogP contribution < -0.4 is 4.74 Å². The molecule has 1 aliphatic rings. The molecule has 0 atom stereocenters. The van der Waals surface area contributed by atoms with Crippen molar-refractivity contribution in [3.8, 4) is 11.5 Å². The molecule has 0 spiro atoms. The van der Waals surface area contributed by atoms with E-state index >= 15 is 0 Å². The van der Waals surface area contributed by atoms with Crippen molar-refractivity contribution in [2.75, 3.05) is 0 Å². The minimum absolute atomic E-state index is 0.0674. The number of hydrogen-bond acceptors (Lipinski definition) is 2. The van der Waals surface area contributed by atoms with Crippen LogP contribution in [0.4, 0.5) is 0 Å². The van der Waals surface area contributed by atoms with Gasteiger partial charge in [-0.15, -0.1) is 0 Å². The third-order valence-corrected chi connectivity index (χ3v) is 3.44. The summed E-state index contributed by atoms with van der Waals surface area (Å²) >= 11 is 0. The van der Waals surface area contributed by atoms with Crippen molar-refractivity contribution in [2.45, 2.75) is 19.3 Å².